The maximum Gasteiger partial charge on any atom is 0.129 e. The fraction of sp³-hybridized carbons (Fsp3) is 0.594. The van der Waals surface area contributed by atoms with E-state index in [4.69, 9.17) is 19.2 Å². The molecule has 0 bridgehead atoms. The number of halogens is 1. The lowest BCUT2D eigenvalue weighted by Crippen LogP contribution is -2.44. The number of hydrogen-bond acceptors (Lipinski definition) is 7. The van der Waals surface area contributed by atoms with E-state index in [0.717, 1.165) is 73.4 Å². The van der Waals surface area contributed by atoms with Crippen LogP contribution in [0.4, 0.5) is 10.2 Å². The summed E-state index contributed by atoms with van der Waals surface area (Å²) in [6.07, 6.45) is 6.54. The molecule has 2 N–H and O–H groups in total. The van der Waals surface area contributed by atoms with Crippen molar-refractivity contribution in [1.29, 1.82) is 0 Å². The van der Waals surface area contributed by atoms with E-state index in [9.17, 15) is 9.50 Å². The van der Waals surface area contributed by atoms with Crippen LogP contribution < -0.4 is 5.32 Å². The predicted octanol–water partition coefficient (Wildman–Crippen LogP) is 5.67. The number of aromatic nitrogens is 1. The first-order valence-electron chi connectivity index (χ1n) is 14.7. The summed E-state index contributed by atoms with van der Waals surface area (Å²) in [4.78, 5) is 6.96. The van der Waals surface area contributed by atoms with E-state index >= 15 is 0 Å². The monoisotopic (exact) mass is 553 g/mol. The lowest BCUT2D eigenvalue weighted by Gasteiger charge is -2.38. The van der Waals surface area contributed by atoms with Gasteiger partial charge >= 0.3 is 0 Å². The van der Waals surface area contributed by atoms with Gasteiger partial charge in [0.2, 0.25) is 0 Å². The van der Waals surface area contributed by atoms with Crippen LogP contribution in [0, 0.1) is 5.82 Å². The Hall–Kier alpha value is -2.52. The molecule has 2 aromatic rings. The van der Waals surface area contributed by atoms with E-state index in [1.807, 2.05) is 13.8 Å². The van der Waals surface area contributed by atoms with Crippen LogP contribution in [-0.4, -0.2) is 66.2 Å². The van der Waals surface area contributed by atoms with Gasteiger partial charge < -0.3 is 24.6 Å². The Morgan fingerprint density at radius 2 is 2.15 bits per heavy atom. The molecule has 1 fully saturated rings. The van der Waals surface area contributed by atoms with Crippen molar-refractivity contribution in [2.24, 2.45) is 0 Å². The summed E-state index contributed by atoms with van der Waals surface area (Å²) in [6.45, 7) is 11.3. The molecule has 1 aromatic heterocycles. The highest BCUT2D eigenvalue weighted by Gasteiger charge is 2.38. The van der Waals surface area contributed by atoms with E-state index in [1.54, 1.807) is 13.2 Å². The highest BCUT2D eigenvalue weighted by molar-refractivity contribution is 5.47. The number of ether oxygens (including phenoxy) is 3. The molecule has 40 heavy (non-hydrogen) atoms. The third-order valence-electron chi connectivity index (χ3n) is 8.76. The average Bonchev–Trinajstić information content (AvgIpc) is 3.40. The molecule has 7 nitrogen and oxygen atoms in total. The Kier molecular flexibility index (Phi) is 9.10. The highest BCUT2D eigenvalue weighted by atomic mass is 19.1. The Morgan fingerprint density at radius 3 is 2.95 bits per heavy atom. The minimum absolute atomic E-state index is 0.0227. The van der Waals surface area contributed by atoms with E-state index < -0.39 is 11.6 Å². The van der Waals surface area contributed by atoms with Gasteiger partial charge in [0, 0.05) is 45.5 Å². The number of aryl methyl sites for hydroxylation is 2. The van der Waals surface area contributed by atoms with E-state index in [2.05, 4.69) is 28.9 Å². The maximum absolute atomic E-state index is 14.7. The quantitative estimate of drug-likeness (QED) is 0.274. The van der Waals surface area contributed by atoms with Crippen LogP contribution in [0.15, 0.2) is 36.6 Å². The van der Waals surface area contributed by atoms with Crippen molar-refractivity contribution in [1.82, 2.24) is 9.88 Å². The number of anilines is 1. The summed E-state index contributed by atoms with van der Waals surface area (Å²) >= 11 is 0. The van der Waals surface area contributed by atoms with Crippen LogP contribution in [-0.2, 0) is 40.1 Å². The number of likely N-dealkylation sites (tertiary alicyclic amines) is 1. The molecule has 0 saturated carbocycles. The molecule has 3 aliphatic rings. The highest BCUT2D eigenvalue weighted by Crippen LogP contribution is 2.38. The number of fused-ring (bicyclic) bond motifs is 2. The van der Waals surface area contributed by atoms with Crippen LogP contribution in [0.3, 0.4) is 0 Å². The lowest BCUT2D eigenvalue weighted by molar-refractivity contribution is -0.120. The Balaban J connectivity index is 1.17. The topological polar surface area (TPSA) is 76.1 Å². The molecule has 4 heterocycles. The van der Waals surface area contributed by atoms with Gasteiger partial charge in [-0.3, -0.25) is 4.90 Å². The van der Waals surface area contributed by atoms with Gasteiger partial charge in [0.05, 0.1) is 30.5 Å². The molecular formula is C32H44FN3O4. The molecule has 218 valence electrons. The van der Waals surface area contributed by atoms with Crippen molar-refractivity contribution >= 4 is 5.82 Å². The minimum Gasteiger partial charge on any atom is -0.511 e. The Labute approximate surface area is 237 Å². The molecule has 5 rings (SSSR count). The first kappa shape index (κ1) is 29.0. The zero-order valence-corrected chi connectivity index (χ0v) is 24.2. The average molecular weight is 554 g/mol. The number of rotatable bonds is 11. The number of pyridine rings is 1. The normalized spacial score (nSPS) is 21.9. The largest absolute Gasteiger partial charge is 0.511 e. The molecule has 0 aliphatic carbocycles. The van der Waals surface area contributed by atoms with E-state index in [0.29, 0.717) is 26.2 Å². The van der Waals surface area contributed by atoms with Gasteiger partial charge in [-0.05, 0) is 92.8 Å². The summed E-state index contributed by atoms with van der Waals surface area (Å²) in [5.74, 6) is 0.745. The first-order valence-corrected chi connectivity index (χ1v) is 14.7. The van der Waals surface area contributed by atoms with Gasteiger partial charge in [-0.15, -0.1) is 0 Å². The number of hydrogen-bond donors (Lipinski definition) is 2. The van der Waals surface area contributed by atoms with Crippen LogP contribution in [0.2, 0.25) is 0 Å². The smallest absolute Gasteiger partial charge is 0.129 e. The van der Waals surface area contributed by atoms with Gasteiger partial charge in [-0.1, -0.05) is 12.6 Å². The molecule has 3 aliphatic heterocycles. The number of nitrogens with zero attached hydrogens (tertiary/aromatic N) is 2. The summed E-state index contributed by atoms with van der Waals surface area (Å²) in [5.41, 5.74) is 4.55. The van der Waals surface area contributed by atoms with Gasteiger partial charge in [-0.25, -0.2) is 9.37 Å². The first-order chi connectivity index (χ1) is 19.2. The zero-order chi connectivity index (χ0) is 28.3. The number of nitrogens with one attached hydrogen (secondary N) is 1. The van der Waals surface area contributed by atoms with Crippen molar-refractivity contribution in [3.05, 3.63) is 70.4 Å². The van der Waals surface area contributed by atoms with Crippen LogP contribution in [0.5, 0.6) is 0 Å². The second-order valence-electron chi connectivity index (χ2n) is 11.9. The van der Waals surface area contributed by atoms with Crippen LogP contribution >= 0.6 is 0 Å². The number of unbranched alkanes of at least 4 members (excludes halogenated alkanes) is 1. The Morgan fingerprint density at radius 1 is 1.30 bits per heavy atom. The van der Waals surface area contributed by atoms with Crippen molar-refractivity contribution in [3.63, 3.8) is 0 Å². The molecule has 0 spiro atoms. The van der Waals surface area contributed by atoms with Gasteiger partial charge in [0.25, 0.3) is 0 Å². The number of methoxy groups -OCH3 is 1. The van der Waals surface area contributed by atoms with E-state index in [1.165, 1.54) is 18.1 Å². The van der Waals surface area contributed by atoms with Crippen LogP contribution in [0.1, 0.15) is 73.5 Å². The predicted molar refractivity (Wildman–Crippen MR) is 154 cm³/mol. The van der Waals surface area contributed by atoms with Crippen molar-refractivity contribution in [2.45, 2.75) is 89.3 Å². The fourth-order valence-corrected chi connectivity index (χ4v) is 6.23. The summed E-state index contributed by atoms with van der Waals surface area (Å²) in [5, 5.41) is 14.1. The van der Waals surface area contributed by atoms with Crippen LogP contribution in [0.25, 0.3) is 0 Å². The zero-order valence-electron chi connectivity index (χ0n) is 24.2. The third-order valence-corrected chi connectivity index (χ3v) is 8.76. The van der Waals surface area contributed by atoms with Crippen molar-refractivity contribution in [2.75, 3.05) is 38.7 Å². The molecular weight excluding hydrogens is 509 g/mol. The fourth-order valence-electron chi connectivity index (χ4n) is 6.23. The molecule has 1 saturated heterocycles. The third kappa shape index (κ3) is 6.51. The number of aliphatic hydroxyl groups excluding tert-OH is 1. The molecule has 1 aromatic carbocycles. The second kappa shape index (κ2) is 12.6. The van der Waals surface area contributed by atoms with Gasteiger partial charge in [0.1, 0.15) is 17.4 Å². The Bertz CT molecular complexity index is 1200. The molecule has 0 radical (unpaired) electrons. The molecule has 8 heteroatoms. The number of aliphatic hydroxyl groups is 1. The second-order valence-corrected chi connectivity index (χ2v) is 11.9. The maximum atomic E-state index is 14.7. The van der Waals surface area contributed by atoms with Gasteiger partial charge in [-0.2, -0.15) is 0 Å². The SMILES string of the molecule is C=C(O)C(c1cc(F)cc2c1C[C@@H](C(C)(C)OC)OC2)N1CC[C@@H](OCCCCc2ccc3c(n2)NCCC3)C1. The van der Waals surface area contributed by atoms with E-state index in [-0.39, 0.29) is 23.8 Å². The van der Waals surface area contributed by atoms with Crippen molar-refractivity contribution in [3.8, 4) is 0 Å². The molecule has 1 unspecified atom stereocenters. The standard InChI is InChI=1S/C32H44FN3O4/c1-21(37)30(28-17-24(33)16-23-20-40-29(18-27(23)28)32(2,3)38-4)36-14-12-26(19-36)39-15-6-5-9-25-11-10-22-8-7-13-34-31(22)35-25/h10-11,16-17,26,29-30,37H,1,5-9,12-15,18-20H2,2-4H3,(H,34,35)/t26-,29+,30?/m1/s1. The summed E-state index contributed by atoms with van der Waals surface area (Å²) in [7, 11) is 1.68. The van der Waals surface area contributed by atoms with Crippen molar-refractivity contribution < 1.29 is 23.7 Å². The van der Waals surface area contributed by atoms with Gasteiger partial charge in [0.15, 0.2) is 0 Å². The summed E-state index contributed by atoms with van der Waals surface area (Å²) < 4.78 is 32.7. The molecule has 0 amide bonds. The number of benzene rings is 1. The minimum atomic E-state index is -0.494. The lowest BCUT2D eigenvalue weighted by atomic mass is 9.85. The summed E-state index contributed by atoms with van der Waals surface area (Å²) in [6, 6.07) is 6.95. The molecule has 3 atom stereocenters.